The Kier molecular flexibility index (Phi) is 4.92. The van der Waals surface area contributed by atoms with Crippen molar-refractivity contribution in [3.05, 3.63) is 66.4 Å². The van der Waals surface area contributed by atoms with Gasteiger partial charge in [-0.15, -0.1) is 11.6 Å². The van der Waals surface area contributed by atoms with Gasteiger partial charge in [-0.05, 0) is 68.3 Å². The van der Waals surface area contributed by atoms with Gasteiger partial charge in [0.25, 0.3) is 0 Å². The van der Waals surface area contributed by atoms with Crippen LogP contribution >= 0.6 is 61.7 Å². The molecule has 0 aromatic heterocycles. The first kappa shape index (κ1) is 14.6. The molecule has 2 rings (SSSR count). The maximum Gasteiger partial charge on any atom is 0.129 e. The fourth-order valence-electron chi connectivity index (χ4n) is 1.58. The highest BCUT2D eigenvalue weighted by molar-refractivity contribution is 14.1. The van der Waals surface area contributed by atoms with Crippen molar-refractivity contribution in [1.82, 2.24) is 0 Å². The molecule has 0 nitrogen and oxygen atoms in total. The van der Waals surface area contributed by atoms with Crippen LogP contribution in [0, 0.1) is 9.39 Å². The molecule has 94 valence electrons. The highest BCUT2D eigenvalue weighted by atomic mass is 127. The largest absolute Gasteiger partial charge is 0.207 e. The molecule has 0 aliphatic carbocycles. The second-order valence-corrected chi connectivity index (χ2v) is 6.65. The van der Waals surface area contributed by atoms with E-state index < -0.39 is 5.38 Å². The van der Waals surface area contributed by atoms with Crippen molar-refractivity contribution in [2.75, 3.05) is 0 Å². The molecule has 0 saturated carbocycles. The molecule has 0 heterocycles. The van der Waals surface area contributed by atoms with Crippen molar-refractivity contribution in [2.45, 2.75) is 5.38 Å². The third-order valence-corrected chi connectivity index (χ3v) is 4.81. The van der Waals surface area contributed by atoms with E-state index in [2.05, 4.69) is 38.5 Å². The van der Waals surface area contributed by atoms with E-state index in [1.807, 2.05) is 24.3 Å². The van der Waals surface area contributed by atoms with Crippen LogP contribution in [0.3, 0.4) is 0 Å². The van der Waals surface area contributed by atoms with E-state index >= 15 is 0 Å². The number of benzene rings is 2. The molecule has 2 aromatic carbocycles. The molecule has 0 spiro atoms. The second kappa shape index (κ2) is 6.07. The van der Waals surface area contributed by atoms with E-state index in [4.69, 9.17) is 23.2 Å². The van der Waals surface area contributed by atoms with Crippen LogP contribution in [0.2, 0.25) is 5.02 Å². The molecule has 5 heteroatoms. The Hall–Kier alpha value is 0.160. The summed E-state index contributed by atoms with van der Waals surface area (Å²) in [6, 6.07) is 10.5. The zero-order valence-electron chi connectivity index (χ0n) is 8.93. The van der Waals surface area contributed by atoms with Crippen molar-refractivity contribution in [2.24, 2.45) is 0 Å². The SMILES string of the molecule is Fc1cc(Br)c(Cl)cc1C(Cl)c1cccc(I)c1. The van der Waals surface area contributed by atoms with E-state index in [9.17, 15) is 4.39 Å². The van der Waals surface area contributed by atoms with Gasteiger partial charge in [0.1, 0.15) is 5.82 Å². The average Bonchev–Trinajstić information content (AvgIpc) is 2.33. The van der Waals surface area contributed by atoms with Crippen LogP contribution in [0.4, 0.5) is 4.39 Å². The second-order valence-electron chi connectivity index (χ2n) is 3.71. The van der Waals surface area contributed by atoms with Crippen LogP contribution in [0.5, 0.6) is 0 Å². The molecule has 0 amide bonds. The van der Waals surface area contributed by atoms with Crippen molar-refractivity contribution in [3.63, 3.8) is 0 Å². The number of alkyl halides is 1. The standard InChI is InChI=1S/C13H7BrCl2FI/c14-10-6-12(17)9(5-11(10)15)13(16)7-2-1-3-8(18)4-7/h1-6,13H. The summed E-state index contributed by atoms with van der Waals surface area (Å²) in [6.45, 7) is 0. The van der Waals surface area contributed by atoms with Gasteiger partial charge in [0.15, 0.2) is 0 Å². The predicted molar refractivity (Wildman–Crippen MR) is 86.0 cm³/mol. The maximum atomic E-state index is 13.9. The quantitative estimate of drug-likeness (QED) is 0.286. The van der Waals surface area contributed by atoms with E-state index in [-0.39, 0.29) is 5.82 Å². The Labute approximate surface area is 137 Å². The number of hydrogen-bond donors (Lipinski definition) is 0. The summed E-state index contributed by atoms with van der Waals surface area (Å²) >= 11 is 17.7. The molecule has 0 fully saturated rings. The Bertz CT molecular complexity index is 589. The molecule has 1 unspecified atom stereocenters. The van der Waals surface area contributed by atoms with E-state index in [0.29, 0.717) is 15.1 Å². The van der Waals surface area contributed by atoms with Crippen LogP contribution in [0.25, 0.3) is 0 Å². The summed E-state index contributed by atoms with van der Waals surface area (Å²) in [5, 5.41) is -0.104. The zero-order chi connectivity index (χ0) is 13.3. The average molecular weight is 460 g/mol. The Balaban J connectivity index is 2.46. The van der Waals surface area contributed by atoms with Gasteiger partial charge in [0.2, 0.25) is 0 Å². The lowest BCUT2D eigenvalue weighted by atomic mass is 10.0. The van der Waals surface area contributed by atoms with Gasteiger partial charge in [-0.3, -0.25) is 0 Å². The summed E-state index contributed by atoms with van der Waals surface area (Å²) in [6.07, 6.45) is 0. The van der Waals surface area contributed by atoms with E-state index in [0.717, 1.165) is 9.13 Å². The van der Waals surface area contributed by atoms with Crippen LogP contribution in [0.1, 0.15) is 16.5 Å². The molecule has 0 saturated heterocycles. The fraction of sp³-hybridized carbons (Fsp3) is 0.0769. The van der Waals surface area contributed by atoms with Crippen LogP contribution < -0.4 is 0 Å². The summed E-state index contributed by atoms with van der Waals surface area (Å²) < 4.78 is 15.5. The van der Waals surface area contributed by atoms with Crippen molar-refractivity contribution in [1.29, 1.82) is 0 Å². The van der Waals surface area contributed by atoms with E-state index in [1.165, 1.54) is 6.07 Å². The normalized spacial score (nSPS) is 12.5. The topological polar surface area (TPSA) is 0 Å². The predicted octanol–water partition coefficient (Wildman–Crippen LogP) is 6.17. The number of hydrogen-bond acceptors (Lipinski definition) is 0. The van der Waals surface area contributed by atoms with Crippen molar-refractivity contribution >= 4 is 61.7 Å². The highest BCUT2D eigenvalue weighted by Gasteiger charge is 2.17. The van der Waals surface area contributed by atoms with Gasteiger partial charge >= 0.3 is 0 Å². The highest BCUT2D eigenvalue weighted by Crippen LogP contribution is 2.35. The lowest BCUT2D eigenvalue weighted by Gasteiger charge is -2.13. The van der Waals surface area contributed by atoms with Gasteiger partial charge in [-0.2, -0.15) is 0 Å². The first-order valence-corrected chi connectivity index (χ1v) is 7.71. The minimum atomic E-state index is -0.551. The number of rotatable bonds is 2. The van der Waals surface area contributed by atoms with Crippen LogP contribution in [0.15, 0.2) is 40.9 Å². The minimum absolute atomic E-state index is 0.370. The summed E-state index contributed by atoms with van der Waals surface area (Å²) in [5.74, 6) is -0.370. The maximum absolute atomic E-state index is 13.9. The third kappa shape index (κ3) is 3.18. The molecule has 18 heavy (non-hydrogen) atoms. The monoisotopic (exact) mass is 458 g/mol. The first-order chi connectivity index (χ1) is 8.49. The molecule has 0 bridgehead atoms. The number of halogens is 5. The van der Waals surface area contributed by atoms with Gasteiger partial charge < -0.3 is 0 Å². The summed E-state index contributed by atoms with van der Waals surface area (Å²) in [4.78, 5) is 0. The Morgan fingerprint density at radius 1 is 1.22 bits per heavy atom. The molecular formula is C13H7BrCl2FI. The lowest BCUT2D eigenvalue weighted by molar-refractivity contribution is 0.611. The van der Waals surface area contributed by atoms with Crippen LogP contribution in [-0.4, -0.2) is 0 Å². The summed E-state index contributed by atoms with van der Waals surface area (Å²) in [5.41, 5.74) is 1.23. The lowest BCUT2D eigenvalue weighted by Crippen LogP contribution is -1.98. The van der Waals surface area contributed by atoms with Gasteiger partial charge in [0, 0.05) is 13.6 Å². The molecule has 0 radical (unpaired) electrons. The molecule has 1 atom stereocenters. The molecular weight excluding hydrogens is 453 g/mol. The third-order valence-electron chi connectivity index (χ3n) is 2.45. The minimum Gasteiger partial charge on any atom is -0.207 e. The van der Waals surface area contributed by atoms with Crippen molar-refractivity contribution < 1.29 is 4.39 Å². The fourth-order valence-corrected chi connectivity index (χ4v) is 2.93. The smallest absolute Gasteiger partial charge is 0.129 e. The van der Waals surface area contributed by atoms with Gasteiger partial charge in [-0.25, -0.2) is 4.39 Å². The van der Waals surface area contributed by atoms with Gasteiger partial charge in [-0.1, -0.05) is 23.7 Å². The first-order valence-electron chi connectivity index (χ1n) is 5.03. The summed E-state index contributed by atoms with van der Waals surface area (Å²) in [7, 11) is 0. The molecule has 0 N–H and O–H groups in total. The Morgan fingerprint density at radius 2 is 1.94 bits per heavy atom. The molecule has 0 aliphatic rings. The zero-order valence-corrected chi connectivity index (χ0v) is 14.2. The van der Waals surface area contributed by atoms with Crippen molar-refractivity contribution in [3.8, 4) is 0 Å². The van der Waals surface area contributed by atoms with E-state index in [1.54, 1.807) is 6.07 Å². The van der Waals surface area contributed by atoms with Crippen LogP contribution in [-0.2, 0) is 0 Å². The molecule has 0 aliphatic heterocycles. The van der Waals surface area contributed by atoms with Gasteiger partial charge in [0.05, 0.1) is 10.4 Å². The Morgan fingerprint density at radius 3 is 2.61 bits per heavy atom. The molecule has 2 aromatic rings.